The van der Waals surface area contributed by atoms with Gasteiger partial charge in [0.1, 0.15) is 22.8 Å². The minimum Gasteiger partial charge on any atom is -0.508 e. The number of nitrogens with one attached hydrogen (secondary N) is 1. The first-order valence-electron chi connectivity index (χ1n) is 7.54. The summed E-state index contributed by atoms with van der Waals surface area (Å²) in [5.74, 6) is -0.277. The number of esters is 1. The average molecular weight is 304 g/mol. The second-order valence-corrected chi connectivity index (χ2v) is 6.84. The van der Waals surface area contributed by atoms with Crippen molar-refractivity contribution >= 4 is 11.8 Å². The van der Waals surface area contributed by atoms with Gasteiger partial charge in [-0.1, -0.05) is 13.0 Å². The van der Waals surface area contributed by atoms with Crippen LogP contribution in [0.3, 0.4) is 0 Å². The summed E-state index contributed by atoms with van der Waals surface area (Å²) in [6, 6.07) is 0. The van der Waals surface area contributed by atoms with Crippen molar-refractivity contribution in [3.8, 4) is 0 Å². The van der Waals surface area contributed by atoms with Crippen LogP contribution < -0.4 is 0 Å². The number of aliphatic hydroxyl groups is 1. The molecule has 2 aliphatic rings. The topological polar surface area (TPSA) is 73.6 Å². The van der Waals surface area contributed by atoms with E-state index < -0.39 is 17.1 Å². The van der Waals surface area contributed by atoms with Crippen LogP contribution in [0.2, 0.25) is 0 Å². The number of fused-ring (bicyclic) bond motifs is 1. The Balaban J connectivity index is 2.52. The third-order valence-electron chi connectivity index (χ3n) is 3.80. The van der Waals surface area contributed by atoms with E-state index in [1.54, 1.807) is 32.9 Å². The van der Waals surface area contributed by atoms with E-state index in [9.17, 15) is 9.90 Å². The molecule has 0 bridgehead atoms. The lowest BCUT2D eigenvalue weighted by molar-refractivity contribution is -0.149. The predicted octanol–water partition coefficient (Wildman–Crippen LogP) is 3.10. The molecule has 1 aliphatic heterocycles. The lowest BCUT2D eigenvalue weighted by Crippen LogP contribution is -2.45. The third-order valence-corrected chi connectivity index (χ3v) is 3.80. The molecule has 0 fully saturated rings. The SMILES string of the molecule is CCCN1C(=N)C(C(=O)OC(C)(C)C)=C2C=C(O)C=CC21C. The summed E-state index contributed by atoms with van der Waals surface area (Å²) in [6.07, 6.45) is 5.86. The van der Waals surface area contributed by atoms with E-state index in [2.05, 4.69) is 0 Å². The molecule has 0 saturated heterocycles. The van der Waals surface area contributed by atoms with E-state index >= 15 is 0 Å². The Morgan fingerprint density at radius 1 is 1.45 bits per heavy atom. The Bertz CT molecular complexity index is 608. The van der Waals surface area contributed by atoms with Crippen molar-refractivity contribution in [2.24, 2.45) is 0 Å². The Kier molecular flexibility index (Phi) is 3.94. The Hall–Kier alpha value is -2.04. The van der Waals surface area contributed by atoms with E-state index in [4.69, 9.17) is 10.1 Å². The number of carbonyl (C=O) groups excluding carboxylic acids is 1. The molecule has 1 aliphatic carbocycles. The number of amidine groups is 1. The molecule has 0 aromatic carbocycles. The van der Waals surface area contributed by atoms with Crippen LogP contribution in [-0.4, -0.2) is 39.5 Å². The number of hydrogen-bond acceptors (Lipinski definition) is 4. The van der Waals surface area contributed by atoms with Gasteiger partial charge in [-0.25, -0.2) is 4.79 Å². The third kappa shape index (κ3) is 2.67. The fourth-order valence-electron chi connectivity index (χ4n) is 2.84. The molecule has 0 amide bonds. The zero-order chi connectivity index (χ0) is 16.7. The van der Waals surface area contributed by atoms with Gasteiger partial charge in [-0.2, -0.15) is 0 Å². The van der Waals surface area contributed by atoms with E-state index in [0.29, 0.717) is 12.1 Å². The minimum absolute atomic E-state index is 0.0830. The van der Waals surface area contributed by atoms with Gasteiger partial charge in [-0.3, -0.25) is 5.41 Å². The van der Waals surface area contributed by atoms with E-state index in [0.717, 1.165) is 6.42 Å². The summed E-state index contributed by atoms with van der Waals surface area (Å²) in [5, 5.41) is 18.2. The lowest BCUT2D eigenvalue weighted by Gasteiger charge is -2.37. The predicted molar refractivity (Wildman–Crippen MR) is 85.9 cm³/mol. The summed E-state index contributed by atoms with van der Waals surface area (Å²) in [5.41, 5.74) is -0.358. The highest BCUT2D eigenvalue weighted by Crippen LogP contribution is 2.41. The second kappa shape index (κ2) is 5.30. The molecule has 1 heterocycles. The molecule has 0 spiro atoms. The standard InChI is InChI=1S/C17H24N2O3/c1-6-9-19-14(18)13(15(21)22-16(2,3)4)12-10-11(20)7-8-17(12,19)5/h7-8,10,18,20H,6,9H2,1-5H3. The molecule has 2 rings (SSSR count). The molecular formula is C17H24N2O3. The lowest BCUT2D eigenvalue weighted by atomic mass is 9.86. The van der Waals surface area contributed by atoms with Gasteiger partial charge in [0.15, 0.2) is 0 Å². The molecule has 1 atom stereocenters. The first kappa shape index (κ1) is 16.3. The highest BCUT2D eigenvalue weighted by Gasteiger charge is 2.47. The van der Waals surface area contributed by atoms with Gasteiger partial charge >= 0.3 is 5.97 Å². The van der Waals surface area contributed by atoms with Gasteiger partial charge in [0.25, 0.3) is 0 Å². The fraction of sp³-hybridized carbons (Fsp3) is 0.529. The maximum Gasteiger partial charge on any atom is 0.342 e. The Labute approximate surface area is 131 Å². The number of aliphatic hydroxyl groups excluding tert-OH is 1. The highest BCUT2D eigenvalue weighted by atomic mass is 16.6. The van der Waals surface area contributed by atoms with Crippen molar-refractivity contribution in [2.45, 2.75) is 52.2 Å². The molecule has 5 heteroatoms. The van der Waals surface area contributed by atoms with Gasteiger partial charge < -0.3 is 14.7 Å². The monoisotopic (exact) mass is 304 g/mol. The van der Waals surface area contributed by atoms with Crippen LogP contribution in [0.4, 0.5) is 0 Å². The van der Waals surface area contributed by atoms with Crippen LogP contribution in [0.25, 0.3) is 0 Å². The largest absolute Gasteiger partial charge is 0.508 e. The molecule has 0 saturated carbocycles. The number of allylic oxidation sites excluding steroid dienone is 1. The Morgan fingerprint density at radius 3 is 2.64 bits per heavy atom. The summed E-state index contributed by atoms with van der Waals surface area (Å²) >= 11 is 0. The van der Waals surface area contributed by atoms with Crippen LogP contribution in [0, 0.1) is 5.41 Å². The summed E-state index contributed by atoms with van der Waals surface area (Å²) in [7, 11) is 0. The van der Waals surface area contributed by atoms with Crippen molar-refractivity contribution in [2.75, 3.05) is 6.54 Å². The average Bonchev–Trinajstić information content (AvgIpc) is 2.58. The van der Waals surface area contributed by atoms with Gasteiger partial charge in [-0.15, -0.1) is 0 Å². The smallest absolute Gasteiger partial charge is 0.342 e. The van der Waals surface area contributed by atoms with Crippen LogP contribution in [-0.2, 0) is 9.53 Å². The first-order valence-corrected chi connectivity index (χ1v) is 7.54. The molecular weight excluding hydrogens is 280 g/mol. The quantitative estimate of drug-likeness (QED) is 0.786. The van der Waals surface area contributed by atoms with Crippen molar-refractivity contribution in [3.05, 3.63) is 35.1 Å². The highest BCUT2D eigenvalue weighted by molar-refractivity contribution is 6.21. The van der Waals surface area contributed by atoms with Crippen molar-refractivity contribution in [3.63, 3.8) is 0 Å². The van der Waals surface area contributed by atoms with E-state index in [1.165, 1.54) is 0 Å². The van der Waals surface area contributed by atoms with Crippen LogP contribution in [0.5, 0.6) is 0 Å². The van der Waals surface area contributed by atoms with Gasteiger partial charge in [0, 0.05) is 12.1 Å². The summed E-state index contributed by atoms with van der Waals surface area (Å²) in [4.78, 5) is 14.4. The minimum atomic E-state index is -0.629. The Morgan fingerprint density at radius 2 is 2.09 bits per heavy atom. The zero-order valence-electron chi connectivity index (χ0n) is 13.9. The van der Waals surface area contributed by atoms with Crippen molar-refractivity contribution < 1.29 is 14.6 Å². The van der Waals surface area contributed by atoms with Crippen molar-refractivity contribution in [1.82, 2.24) is 4.90 Å². The number of ether oxygens (including phenoxy) is 1. The summed E-state index contributed by atoms with van der Waals surface area (Å²) < 4.78 is 5.45. The zero-order valence-corrected chi connectivity index (χ0v) is 13.9. The summed E-state index contributed by atoms with van der Waals surface area (Å²) in [6.45, 7) is 10.0. The van der Waals surface area contributed by atoms with Crippen LogP contribution >= 0.6 is 0 Å². The van der Waals surface area contributed by atoms with Crippen LogP contribution in [0.15, 0.2) is 35.1 Å². The molecule has 0 radical (unpaired) electrons. The van der Waals surface area contributed by atoms with E-state index in [1.807, 2.05) is 24.8 Å². The van der Waals surface area contributed by atoms with Gasteiger partial charge in [0.05, 0.1) is 5.54 Å². The number of hydrogen-bond donors (Lipinski definition) is 2. The molecule has 5 nitrogen and oxygen atoms in total. The molecule has 0 aromatic rings. The number of rotatable bonds is 3. The van der Waals surface area contributed by atoms with Gasteiger partial charge in [0.2, 0.25) is 0 Å². The first-order chi connectivity index (χ1) is 10.1. The fourth-order valence-corrected chi connectivity index (χ4v) is 2.84. The number of carbonyl (C=O) groups is 1. The molecule has 2 N–H and O–H groups in total. The maximum atomic E-state index is 12.5. The molecule has 120 valence electrons. The normalized spacial score (nSPS) is 24.5. The molecule has 22 heavy (non-hydrogen) atoms. The van der Waals surface area contributed by atoms with Gasteiger partial charge in [-0.05, 0) is 46.3 Å². The molecule has 1 unspecified atom stereocenters. The van der Waals surface area contributed by atoms with Crippen LogP contribution in [0.1, 0.15) is 41.0 Å². The second-order valence-electron chi connectivity index (χ2n) is 6.84. The number of nitrogens with zero attached hydrogens (tertiary/aromatic N) is 1. The van der Waals surface area contributed by atoms with Crippen molar-refractivity contribution in [1.29, 1.82) is 5.41 Å². The maximum absolute atomic E-state index is 12.5. The molecule has 0 aromatic heterocycles. The van der Waals surface area contributed by atoms with E-state index in [-0.39, 0.29) is 17.2 Å².